The van der Waals surface area contributed by atoms with Crippen LogP contribution in [0.3, 0.4) is 0 Å². The first kappa shape index (κ1) is 11.4. The summed E-state index contributed by atoms with van der Waals surface area (Å²) in [7, 11) is 4.51. The molecule has 2 rings (SSSR count). The quantitative estimate of drug-likeness (QED) is 0.741. The summed E-state index contributed by atoms with van der Waals surface area (Å²) in [6.45, 7) is 4.85. The molecule has 3 nitrogen and oxygen atoms in total. The highest BCUT2D eigenvalue weighted by Gasteiger charge is 2.23. The molecule has 1 aliphatic carbocycles. The summed E-state index contributed by atoms with van der Waals surface area (Å²) in [6, 6.07) is 1.61. The molecule has 1 saturated heterocycles. The number of likely N-dealkylation sites (N-methyl/N-ethyl adjacent to an activating group) is 1. The van der Waals surface area contributed by atoms with E-state index in [2.05, 4.69) is 29.2 Å². The molecule has 0 aromatic rings. The number of hydrogen-bond donors (Lipinski definition) is 1. The lowest BCUT2D eigenvalue weighted by Gasteiger charge is -2.37. The van der Waals surface area contributed by atoms with E-state index in [-0.39, 0.29) is 0 Å². The van der Waals surface area contributed by atoms with E-state index in [1.54, 1.807) is 0 Å². The minimum atomic E-state index is 0.714. The van der Waals surface area contributed by atoms with E-state index < -0.39 is 0 Å². The Morgan fingerprint density at radius 1 is 1.40 bits per heavy atom. The number of rotatable bonds is 4. The molecule has 1 heterocycles. The fourth-order valence-electron chi connectivity index (χ4n) is 2.55. The molecular weight excluding hydrogens is 186 g/mol. The van der Waals surface area contributed by atoms with E-state index in [4.69, 9.17) is 0 Å². The summed E-state index contributed by atoms with van der Waals surface area (Å²) in [5.41, 5.74) is 0. The van der Waals surface area contributed by atoms with Crippen LogP contribution in [-0.2, 0) is 0 Å². The van der Waals surface area contributed by atoms with Crippen LogP contribution < -0.4 is 5.32 Å². The zero-order valence-electron chi connectivity index (χ0n) is 10.2. The zero-order chi connectivity index (χ0) is 10.7. The summed E-state index contributed by atoms with van der Waals surface area (Å²) in [4.78, 5) is 4.99. The van der Waals surface area contributed by atoms with Crippen LogP contribution >= 0.6 is 0 Å². The van der Waals surface area contributed by atoms with Crippen LogP contribution in [-0.4, -0.2) is 62.2 Å². The summed E-state index contributed by atoms with van der Waals surface area (Å²) in [5.74, 6) is 0. The monoisotopic (exact) mass is 211 g/mol. The van der Waals surface area contributed by atoms with Gasteiger partial charge in [-0.1, -0.05) is 6.42 Å². The fraction of sp³-hybridized carbons (Fsp3) is 1.00. The van der Waals surface area contributed by atoms with Gasteiger partial charge in [0.1, 0.15) is 0 Å². The van der Waals surface area contributed by atoms with Gasteiger partial charge in [0.05, 0.1) is 0 Å². The van der Waals surface area contributed by atoms with E-state index in [1.807, 2.05) is 0 Å². The van der Waals surface area contributed by atoms with Gasteiger partial charge in [-0.2, -0.15) is 0 Å². The van der Waals surface area contributed by atoms with Crippen molar-refractivity contribution in [2.75, 3.05) is 40.3 Å². The summed E-state index contributed by atoms with van der Waals surface area (Å²) in [6.07, 6.45) is 5.60. The highest BCUT2D eigenvalue weighted by atomic mass is 15.2. The van der Waals surface area contributed by atoms with Gasteiger partial charge in [0, 0.05) is 31.7 Å². The van der Waals surface area contributed by atoms with Gasteiger partial charge < -0.3 is 15.1 Å². The molecule has 3 heteroatoms. The number of piperazine rings is 1. The van der Waals surface area contributed by atoms with Crippen molar-refractivity contribution in [1.82, 2.24) is 15.1 Å². The van der Waals surface area contributed by atoms with E-state index in [1.165, 1.54) is 45.3 Å². The van der Waals surface area contributed by atoms with Gasteiger partial charge >= 0.3 is 0 Å². The highest BCUT2D eigenvalue weighted by Crippen LogP contribution is 2.23. The minimum absolute atomic E-state index is 0.714. The molecule has 1 N–H and O–H groups in total. The molecule has 0 aromatic carbocycles. The van der Waals surface area contributed by atoms with Crippen molar-refractivity contribution >= 4 is 0 Å². The van der Waals surface area contributed by atoms with Crippen molar-refractivity contribution in [1.29, 1.82) is 0 Å². The Kier molecular flexibility index (Phi) is 4.00. The normalized spacial score (nSPS) is 29.4. The van der Waals surface area contributed by atoms with E-state index >= 15 is 0 Å². The van der Waals surface area contributed by atoms with Gasteiger partial charge in [-0.05, 0) is 39.9 Å². The summed E-state index contributed by atoms with van der Waals surface area (Å²) in [5, 5.41) is 3.61. The van der Waals surface area contributed by atoms with Gasteiger partial charge in [0.25, 0.3) is 0 Å². The first-order valence-electron chi connectivity index (χ1n) is 6.38. The molecule has 1 saturated carbocycles. The SMILES string of the molecule is CN1CCNC(CCN(C)C2CCC2)C1. The summed E-state index contributed by atoms with van der Waals surface area (Å²) >= 11 is 0. The maximum Gasteiger partial charge on any atom is 0.0207 e. The lowest BCUT2D eigenvalue weighted by Crippen LogP contribution is -2.50. The Bertz CT molecular complexity index is 191. The average molecular weight is 211 g/mol. The molecule has 88 valence electrons. The Morgan fingerprint density at radius 3 is 2.80 bits per heavy atom. The molecule has 0 aromatic heterocycles. The molecule has 0 bridgehead atoms. The molecule has 2 aliphatic rings. The fourth-order valence-corrected chi connectivity index (χ4v) is 2.55. The van der Waals surface area contributed by atoms with Crippen LogP contribution in [0.5, 0.6) is 0 Å². The van der Waals surface area contributed by atoms with E-state index in [0.717, 1.165) is 12.6 Å². The maximum absolute atomic E-state index is 3.61. The van der Waals surface area contributed by atoms with Crippen molar-refractivity contribution in [3.8, 4) is 0 Å². The van der Waals surface area contributed by atoms with Gasteiger partial charge in [0.2, 0.25) is 0 Å². The number of hydrogen-bond acceptors (Lipinski definition) is 3. The highest BCUT2D eigenvalue weighted by molar-refractivity contribution is 4.81. The molecule has 1 unspecified atom stereocenters. The Labute approximate surface area is 93.8 Å². The van der Waals surface area contributed by atoms with Gasteiger partial charge in [-0.3, -0.25) is 0 Å². The van der Waals surface area contributed by atoms with Crippen LogP contribution in [0.2, 0.25) is 0 Å². The minimum Gasteiger partial charge on any atom is -0.311 e. The van der Waals surface area contributed by atoms with E-state index in [0.29, 0.717) is 6.04 Å². The maximum atomic E-state index is 3.61. The summed E-state index contributed by atoms with van der Waals surface area (Å²) < 4.78 is 0. The molecule has 1 aliphatic heterocycles. The van der Waals surface area contributed by atoms with Gasteiger partial charge in [0.15, 0.2) is 0 Å². The second-order valence-electron chi connectivity index (χ2n) is 5.27. The lowest BCUT2D eigenvalue weighted by atomic mass is 9.91. The third-order valence-electron chi connectivity index (χ3n) is 3.99. The Morgan fingerprint density at radius 2 is 2.20 bits per heavy atom. The predicted octanol–water partition coefficient (Wildman–Crippen LogP) is 0.764. The standard InChI is InChI=1S/C12H25N3/c1-14-9-7-13-11(10-14)6-8-15(2)12-4-3-5-12/h11-13H,3-10H2,1-2H3. The van der Waals surface area contributed by atoms with Crippen LogP contribution in [0.4, 0.5) is 0 Å². The molecule has 0 spiro atoms. The van der Waals surface area contributed by atoms with Crippen molar-refractivity contribution in [2.45, 2.75) is 37.8 Å². The van der Waals surface area contributed by atoms with Crippen molar-refractivity contribution in [3.63, 3.8) is 0 Å². The first-order chi connectivity index (χ1) is 7.25. The van der Waals surface area contributed by atoms with Gasteiger partial charge in [-0.15, -0.1) is 0 Å². The molecule has 0 radical (unpaired) electrons. The first-order valence-corrected chi connectivity index (χ1v) is 6.38. The average Bonchev–Trinajstić information content (AvgIpc) is 2.12. The smallest absolute Gasteiger partial charge is 0.0207 e. The van der Waals surface area contributed by atoms with Crippen molar-refractivity contribution < 1.29 is 0 Å². The third-order valence-corrected chi connectivity index (χ3v) is 3.99. The van der Waals surface area contributed by atoms with Crippen LogP contribution in [0.1, 0.15) is 25.7 Å². The van der Waals surface area contributed by atoms with Crippen LogP contribution in [0.25, 0.3) is 0 Å². The lowest BCUT2D eigenvalue weighted by molar-refractivity contribution is 0.143. The van der Waals surface area contributed by atoms with Crippen molar-refractivity contribution in [3.05, 3.63) is 0 Å². The Hall–Kier alpha value is -0.120. The van der Waals surface area contributed by atoms with Crippen molar-refractivity contribution in [2.24, 2.45) is 0 Å². The largest absolute Gasteiger partial charge is 0.311 e. The number of nitrogens with zero attached hydrogens (tertiary/aromatic N) is 2. The molecule has 15 heavy (non-hydrogen) atoms. The molecular formula is C12H25N3. The van der Waals surface area contributed by atoms with Crippen LogP contribution in [0.15, 0.2) is 0 Å². The van der Waals surface area contributed by atoms with E-state index in [9.17, 15) is 0 Å². The second kappa shape index (κ2) is 5.28. The molecule has 2 fully saturated rings. The molecule has 0 amide bonds. The number of nitrogens with one attached hydrogen (secondary N) is 1. The van der Waals surface area contributed by atoms with Crippen LogP contribution in [0, 0.1) is 0 Å². The zero-order valence-corrected chi connectivity index (χ0v) is 10.2. The predicted molar refractivity (Wildman–Crippen MR) is 64.2 cm³/mol. The Balaban J connectivity index is 1.63. The van der Waals surface area contributed by atoms with Gasteiger partial charge in [-0.25, -0.2) is 0 Å². The third kappa shape index (κ3) is 3.16. The molecule has 1 atom stereocenters. The topological polar surface area (TPSA) is 18.5 Å². The second-order valence-corrected chi connectivity index (χ2v) is 5.27.